The van der Waals surface area contributed by atoms with Crippen molar-refractivity contribution >= 4 is 11.9 Å². The summed E-state index contributed by atoms with van der Waals surface area (Å²) < 4.78 is 9.95. The first-order valence-electron chi connectivity index (χ1n) is 6.52. The number of rotatable bonds is 5. The Balaban J connectivity index is 2.43. The van der Waals surface area contributed by atoms with Gasteiger partial charge in [-0.1, -0.05) is 36.4 Å². The fourth-order valence-electron chi connectivity index (χ4n) is 2.03. The summed E-state index contributed by atoms with van der Waals surface area (Å²) in [7, 11) is 2.63. The number of allylic oxidation sites excluding steroid dienone is 1. The van der Waals surface area contributed by atoms with E-state index in [2.05, 4.69) is 0 Å². The van der Waals surface area contributed by atoms with Crippen LogP contribution in [-0.4, -0.2) is 30.2 Å². The molecule has 2 aromatic rings. The molecule has 0 aliphatic rings. The Labute approximate surface area is 128 Å². The molecule has 0 unspecified atom stereocenters. The Kier molecular flexibility index (Phi) is 4.68. The number of hydrogen-bond donors (Lipinski definition) is 2. The molecule has 2 rings (SSSR count). The van der Waals surface area contributed by atoms with E-state index in [9.17, 15) is 15.0 Å². The van der Waals surface area contributed by atoms with Crippen molar-refractivity contribution in [2.24, 2.45) is 0 Å². The molecule has 0 aromatic heterocycles. The van der Waals surface area contributed by atoms with Crippen LogP contribution in [0.3, 0.4) is 0 Å². The molecular weight excluding hydrogens is 284 g/mol. The summed E-state index contributed by atoms with van der Waals surface area (Å²) in [5.41, 5.74) is 0.782. The zero-order chi connectivity index (χ0) is 16.1. The summed E-state index contributed by atoms with van der Waals surface area (Å²) in [5.74, 6) is -1.32. The summed E-state index contributed by atoms with van der Waals surface area (Å²) in [6, 6.07) is 10.5. The lowest BCUT2D eigenvalue weighted by molar-refractivity contribution is 0.104. The molecular formula is C17H16O5. The second kappa shape index (κ2) is 6.67. The lowest BCUT2D eigenvalue weighted by atomic mass is 10.1. The molecule has 0 atom stereocenters. The van der Waals surface area contributed by atoms with Crippen molar-refractivity contribution in [3.05, 3.63) is 53.6 Å². The lowest BCUT2D eigenvalue weighted by Gasteiger charge is -2.13. The van der Waals surface area contributed by atoms with Gasteiger partial charge in [0.1, 0.15) is 11.3 Å². The molecule has 0 radical (unpaired) electrons. The van der Waals surface area contributed by atoms with Crippen LogP contribution >= 0.6 is 0 Å². The first kappa shape index (κ1) is 15.4. The predicted molar refractivity (Wildman–Crippen MR) is 82.7 cm³/mol. The summed E-state index contributed by atoms with van der Waals surface area (Å²) in [5, 5.41) is 19.9. The van der Waals surface area contributed by atoms with E-state index in [-0.39, 0.29) is 22.8 Å². The van der Waals surface area contributed by atoms with E-state index in [4.69, 9.17) is 9.47 Å². The zero-order valence-corrected chi connectivity index (χ0v) is 12.2. The third-order valence-corrected chi connectivity index (χ3v) is 3.10. The molecule has 5 heteroatoms. The minimum absolute atomic E-state index is 0.0654. The highest BCUT2D eigenvalue weighted by Crippen LogP contribution is 2.44. The fourth-order valence-corrected chi connectivity index (χ4v) is 2.03. The van der Waals surface area contributed by atoms with Gasteiger partial charge in [0.15, 0.2) is 17.3 Å². The number of carbonyl (C=O) groups is 1. The van der Waals surface area contributed by atoms with Crippen molar-refractivity contribution in [1.82, 2.24) is 0 Å². The van der Waals surface area contributed by atoms with Crippen LogP contribution in [0.5, 0.6) is 23.0 Å². The van der Waals surface area contributed by atoms with Gasteiger partial charge < -0.3 is 19.7 Å². The van der Waals surface area contributed by atoms with Crippen LogP contribution in [0.1, 0.15) is 15.9 Å². The molecule has 0 heterocycles. The molecule has 2 N–H and O–H groups in total. The van der Waals surface area contributed by atoms with Crippen molar-refractivity contribution in [3.8, 4) is 23.0 Å². The van der Waals surface area contributed by atoms with Gasteiger partial charge in [-0.2, -0.15) is 0 Å². The van der Waals surface area contributed by atoms with E-state index in [0.29, 0.717) is 0 Å². The minimum atomic E-state index is -0.462. The topological polar surface area (TPSA) is 76.0 Å². The predicted octanol–water partition coefficient (Wildman–Crippen LogP) is 3.01. The van der Waals surface area contributed by atoms with Crippen molar-refractivity contribution in [2.45, 2.75) is 0 Å². The first-order valence-corrected chi connectivity index (χ1v) is 6.52. The van der Waals surface area contributed by atoms with Crippen LogP contribution in [0.25, 0.3) is 6.08 Å². The number of methoxy groups -OCH3 is 2. The largest absolute Gasteiger partial charge is 0.504 e. The van der Waals surface area contributed by atoms with E-state index < -0.39 is 11.5 Å². The Morgan fingerprint density at radius 3 is 2.36 bits per heavy atom. The molecule has 0 amide bonds. The van der Waals surface area contributed by atoms with Crippen molar-refractivity contribution in [1.29, 1.82) is 0 Å². The van der Waals surface area contributed by atoms with Crippen LogP contribution in [-0.2, 0) is 0 Å². The standard InChI is InChI=1S/C17H16O5/c1-21-14-10-13(19)17(22-2)16(20)15(14)12(18)9-8-11-6-4-3-5-7-11/h3-10,19-20H,1-2H3. The quantitative estimate of drug-likeness (QED) is 0.655. The van der Waals surface area contributed by atoms with Crippen LogP contribution < -0.4 is 9.47 Å². The maximum Gasteiger partial charge on any atom is 0.203 e. The maximum absolute atomic E-state index is 12.3. The summed E-state index contributed by atoms with van der Waals surface area (Å²) >= 11 is 0. The number of benzene rings is 2. The van der Waals surface area contributed by atoms with Gasteiger partial charge in [-0.05, 0) is 11.6 Å². The molecule has 0 aliphatic heterocycles. The van der Waals surface area contributed by atoms with E-state index in [1.807, 2.05) is 30.3 Å². The maximum atomic E-state index is 12.3. The number of hydrogen-bond acceptors (Lipinski definition) is 5. The number of ether oxygens (including phenoxy) is 2. The van der Waals surface area contributed by atoms with Gasteiger partial charge in [0, 0.05) is 6.07 Å². The van der Waals surface area contributed by atoms with Crippen LogP contribution in [0, 0.1) is 0 Å². The minimum Gasteiger partial charge on any atom is -0.504 e. The highest BCUT2D eigenvalue weighted by atomic mass is 16.5. The molecule has 0 saturated heterocycles. The van der Waals surface area contributed by atoms with Crippen LogP contribution in [0.15, 0.2) is 42.5 Å². The smallest absolute Gasteiger partial charge is 0.203 e. The lowest BCUT2D eigenvalue weighted by Crippen LogP contribution is -2.01. The third kappa shape index (κ3) is 3.03. The monoisotopic (exact) mass is 300 g/mol. The first-order chi connectivity index (χ1) is 10.6. The highest BCUT2D eigenvalue weighted by molar-refractivity contribution is 6.11. The van der Waals surface area contributed by atoms with Gasteiger partial charge in [0.2, 0.25) is 5.75 Å². The second-order valence-electron chi connectivity index (χ2n) is 4.46. The Morgan fingerprint density at radius 2 is 1.77 bits per heavy atom. The highest BCUT2D eigenvalue weighted by Gasteiger charge is 2.22. The van der Waals surface area contributed by atoms with Gasteiger partial charge in [0.25, 0.3) is 0 Å². The molecule has 2 aromatic carbocycles. The van der Waals surface area contributed by atoms with Crippen molar-refractivity contribution < 1.29 is 24.5 Å². The average molecular weight is 300 g/mol. The molecule has 0 bridgehead atoms. The molecule has 0 fully saturated rings. The van der Waals surface area contributed by atoms with Gasteiger partial charge in [-0.15, -0.1) is 0 Å². The Hall–Kier alpha value is -2.95. The van der Waals surface area contributed by atoms with E-state index in [1.165, 1.54) is 26.4 Å². The number of phenols is 2. The SMILES string of the molecule is COc1cc(O)c(OC)c(O)c1C(=O)C=Cc1ccccc1. The summed E-state index contributed by atoms with van der Waals surface area (Å²) in [6.07, 6.45) is 2.95. The van der Waals surface area contributed by atoms with Gasteiger partial charge in [-0.3, -0.25) is 4.79 Å². The Bertz CT molecular complexity index is 705. The van der Waals surface area contributed by atoms with Crippen LogP contribution in [0.2, 0.25) is 0 Å². The molecule has 0 aliphatic carbocycles. The number of ketones is 1. The van der Waals surface area contributed by atoms with Crippen molar-refractivity contribution in [2.75, 3.05) is 14.2 Å². The van der Waals surface area contributed by atoms with Crippen molar-refractivity contribution in [3.63, 3.8) is 0 Å². The summed E-state index contributed by atoms with van der Waals surface area (Å²) in [4.78, 5) is 12.3. The van der Waals surface area contributed by atoms with E-state index in [1.54, 1.807) is 6.08 Å². The molecule has 22 heavy (non-hydrogen) atoms. The second-order valence-corrected chi connectivity index (χ2v) is 4.46. The Morgan fingerprint density at radius 1 is 1.09 bits per heavy atom. The van der Waals surface area contributed by atoms with E-state index in [0.717, 1.165) is 5.56 Å². The fraction of sp³-hybridized carbons (Fsp3) is 0.118. The molecule has 0 spiro atoms. The third-order valence-electron chi connectivity index (χ3n) is 3.10. The van der Waals surface area contributed by atoms with Gasteiger partial charge >= 0.3 is 0 Å². The zero-order valence-electron chi connectivity index (χ0n) is 12.2. The number of carbonyl (C=O) groups excluding carboxylic acids is 1. The van der Waals surface area contributed by atoms with Crippen LogP contribution in [0.4, 0.5) is 0 Å². The molecule has 5 nitrogen and oxygen atoms in total. The van der Waals surface area contributed by atoms with Gasteiger partial charge in [0.05, 0.1) is 14.2 Å². The average Bonchev–Trinajstić information content (AvgIpc) is 2.53. The summed E-state index contributed by atoms with van der Waals surface area (Å²) in [6.45, 7) is 0. The number of aromatic hydroxyl groups is 2. The molecule has 0 saturated carbocycles. The van der Waals surface area contributed by atoms with E-state index >= 15 is 0 Å². The van der Waals surface area contributed by atoms with Gasteiger partial charge in [-0.25, -0.2) is 0 Å². The normalized spacial score (nSPS) is 10.6. The number of phenolic OH excluding ortho intramolecular Hbond substituents is 2. The molecule has 114 valence electrons.